The summed E-state index contributed by atoms with van der Waals surface area (Å²) in [6, 6.07) is 17.7. The molecule has 0 saturated heterocycles. The summed E-state index contributed by atoms with van der Waals surface area (Å²) in [7, 11) is 0. The molecule has 0 bridgehead atoms. The number of nitrogens with zero attached hydrogens (tertiary/aromatic N) is 1. The van der Waals surface area contributed by atoms with Gasteiger partial charge < -0.3 is 14.8 Å². The normalized spacial score (nSPS) is 10.6. The third-order valence-electron chi connectivity index (χ3n) is 3.80. The van der Waals surface area contributed by atoms with Crippen LogP contribution in [0.5, 0.6) is 11.6 Å². The van der Waals surface area contributed by atoms with E-state index < -0.39 is 0 Å². The van der Waals surface area contributed by atoms with Crippen molar-refractivity contribution in [3.63, 3.8) is 0 Å². The lowest BCUT2D eigenvalue weighted by Crippen LogP contribution is -2.20. The summed E-state index contributed by atoms with van der Waals surface area (Å²) in [4.78, 5) is 4.11. The molecule has 0 saturated carbocycles. The van der Waals surface area contributed by atoms with E-state index in [4.69, 9.17) is 21.1 Å². The molecule has 2 aromatic carbocycles. The number of hydrogen-bond donors (Lipinski definition) is 1. The fourth-order valence-corrected chi connectivity index (χ4v) is 2.66. The molecule has 4 nitrogen and oxygen atoms in total. The van der Waals surface area contributed by atoms with E-state index in [0.29, 0.717) is 30.6 Å². The van der Waals surface area contributed by atoms with Crippen molar-refractivity contribution in [1.29, 1.82) is 0 Å². The summed E-state index contributed by atoms with van der Waals surface area (Å²) in [5.41, 5.74) is 1.84. The molecule has 1 heterocycles. The molecule has 0 aliphatic heterocycles. The Kier molecular flexibility index (Phi) is 7.02. The SMILES string of the molecule is Fc1ccc(COc2cccc(CNCCOc3ccccn3)c2)c(Cl)c1. The van der Waals surface area contributed by atoms with Crippen LogP contribution in [-0.4, -0.2) is 18.1 Å². The Morgan fingerprint density at radius 2 is 1.93 bits per heavy atom. The fraction of sp³-hybridized carbons (Fsp3) is 0.190. The average Bonchev–Trinajstić information content (AvgIpc) is 2.68. The molecule has 0 atom stereocenters. The standard InChI is InChI=1S/C21H20ClFN2O2/c22-20-13-18(23)8-7-17(20)15-27-19-5-3-4-16(12-19)14-24-10-11-26-21-6-1-2-9-25-21/h1-9,12-13,24H,10-11,14-15H2. The minimum Gasteiger partial charge on any atom is -0.489 e. The monoisotopic (exact) mass is 386 g/mol. The molecular weight excluding hydrogens is 367 g/mol. The van der Waals surface area contributed by atoms with Gasteiger partial charge in [0.1, 0.15) is 24.8 Å². The highest BCUT2D eigenvalue weighted by Crippen LogP contribution is 2.20. The van der Waals surface area contributed by atoms with E-state index in [1.54, 1.807) is 12.3 Å². The minimum atomic E-state index is -0.358. The van der Waals surface area contributed by atoms with Crippen molar-refractivity contribution in [2.75, 3.05) is 13.2 Å². The zero-order valence-corrected chi connectivity index (χ0v) is 15.5. The molecule has 0 radical (unpaired) electrons. The van der Waals surface area contributed by atoms with Crippen LogP contribution >= 0.6 is 11.6 Å². The summed E-state index contributed by atoms with van der Waals surface area (Å²) < 4.78 is 24.4. The number of aromatic nitrogens is 1. The van der Waals surface area contributed by atoms with Crippen LogP contribution < -0.4 is 14.8 Å². The number of hydrogen-bond acceptors (Lipinski definition) is 4. The van der Waals surface area contributed by atoms with Crippen LogP contribution in [0.15, 0.2) is 66.9 Å². The first-order chi connectivity index (χ1) is 13.2. The Hall–Kier alpha value is -2.63. The second-order valence-electron chi connectivity index (χ2n) is 5.87. The van der Waals surface area contributed by atoms with Gasteiger partial charge in [-0.2, -0.15) is 0 Å². The second-order valence-corrected chi connectivity index (χ2v) is 6.27. The van der Waals surface area contributed by atoms with Crippen LogP contribution in [0.2, 0.25) is 5.02 Å². The summed E-state index contributed by atoms with van der Waals surface area (Å²) in [5.74, 6) is 0.998. The van der Waals surface area contributed by atoms with Crippen molar-refractivity contribution in [3.05, 3.63) is 88.8 Å². The van der Waals surface area contributed by atoms with Gasteiger partial charge in [-0.25, -0.2) is 9.37 Å². The van der Waals surface area contributed by atoms with E-state index >= 15 is 0 Å². The first kappa shape index (κ1) is 19.1. The van der Waals surface area contributed by atoms with Gasteiger partial charge in [0, 0.05) is 30.9 Å². The fourth-order valence-electron chi connectivity index (χ4n) is 2.44. The van der Waals surface area contributed by atoms with Gasteiger partial charge in [0.2, 0.25) is 5.88 Å². The zero-order chi connectivity index (χ0) is 18.9. The van der Waals surface area contributed by atoms with Gasteiger partial charge in [0.15, 0.2) is 0 Å². The molecule has 140 valence electrons. The molecule has 0 amide bonds. The molecular formula is C21H20ClFN2O2. The molecule has 3 aromatic rings. The van der Waals surface area contributed by atoms with Gasteiger partial charge >= 0.3 is 0 Å². The van der Waals surface area contributed by atoms with Crippen LogP contribution in [0.25, 0.3) is 0 Å². The van der Waals surface area contributed by atoms with Gasteiger partial charge in [-0.05, 0) is 35.9 Å². The van der Waals surface area contributed by atoms with E-state index in [0.717, 1.165) is 16.9 Å². The van der Waals surface area contributed by atoms with Crippen LogP contribution in [0, 0.1) is 5.82 Å². The lowest BCUT2D eigenvalue weighted by atomic mass is 10.2. The van der Waals surface area contributed by atoms with Gasteiger partial charge in [-0.1, -0.05) is 35.9 Å². The van der Waals surface area contributed by atoms with Crippen molar-refractivity contribution in [1.82, 2.24) is 10.3 Å². The minimum absolute atomic E-state index is 0.286. The number of rotatable bonds is 9. The quantitative estimate of drug-likeness (QED) is 0.545. The number of ether oxygens (including phenoxy) is 2. The van der Waals surface area contributed by atoms with Gasteiger partial charge in [-0.15, -0.1) is 0 Å². The van der Waals surface area contributed by atoms with Gasteiger partial charge in [0.05, 0.1) is 5.02 Å². The Labute approximate surface area is 162 Å². The Balaban J connectivity index is 1.43. The lowest BCUT2D eigenvalue weighted by molar-refractivity contribution is 0.301. The Morgan fingerprint density at radius 1 is 1.00 bits per heavy atom. The van der Waals surface area contributed by atoms with E-state index in [2.05, 4.69) is 10.3 Å². The highest BCUT2D eigenvalue weighted by atomic mass is 35.5. The Morgan fingerprint density at radius 3 is 2.74 bits per heavy atom. The highest BCUT2D eigenvalue weighted by molar-refractivity contribution is 6.31. The number of pyridine rings is 1. The second kappa shape index (κ2) is 9.90. The van der Waals surface area contributed by atoms with E-state index in [1.165, 1.54) is 12.1 Å². The maximum Gasteiger partial charge on any atom is 0.213 e. The molecule has 0 fully saturated rings. The van der Waals surface area contributed by atoms with Crippen molar-refractivity contribution < 1.29 is 13.9 Å². The van der Waals surface area contributed by atoms with Crippen LogP contribution in [0.1, 0.15) is 11.1 Å². The molecule has 0 unspecified atom stereocenters. The highest BCUT2D eigenvalue weighted by Gasteiger charge is 2.04. The third kappa shape index (κ3) is 6.24. The van der Waals surface area contributed by atoms with E-state index in [-0.39, 0.29) is 12.4 Å². The maximum absolute atomic E-state index is 13.1. The van der Waals surface area contributed by atoms with Gasteiger partial charge in [-0.3, -0.25) is 0 Å². The molecule has 1 N–H and O–H groups in total. The summed E-state index contributed by atoms with van der Waals surface area (Å²) >= 11 is 6.02. The molecule has 0 aliphatic carbocycles. The van der Waals surface area contributed by atoms with Crippen LogP contribution in [0.4, 0.5) is 4.39 Å². The molecule has 0 aliphatic rings. The maximum atomic E-state index is 13.1. The first-order valence-electron chi connectivity index (χ1n) is 8.61. The Bertz CT molecular complexity index is 862. The topological polar surface area (TPSA) is 43.4 Å². The first-order valence-corrected chi connectivity index (χ1v) is 8.99. The largest absolute Gasteiger partial charge is 0.489 e. The number of halogens is 2. The van der Waals surface area contributed by atoms with Crippen molar-refractivity contribution in [2.45, 2.75) is 13.2 Å². The van der Waals surface area contributed by atoms with Gasteiger partial charge in [0.25, 0.3) is 0 Å². The number of benzene rings is 2. The predicted octanol–water partition coefficient (Wildman–Crippen LogP) is 4.62. The lowest BCUT2D eigenvalue weighted by Gasteiger charge is -2.10. The average molecular weight is 387 g/mol. The smallest absolute Gasteiger partial charge is 0.213 e. The third-order valence-corrected chi connectivity index (χ3v) is 4.16. The zero-order valence-electron chi connectivity index (χ0n) is 14.7. The predicted molar refractivity (Wildman–Crippen MR) is 104 cm³/mol. The van der Waals surface area contributed by atoms with Crippen LogP contribution in [-0.2, 0) is 13.2 Å². The molecule has 0 spiro atoms. The number of nitrogens with one attached hydrogen (secondary N) is 1. The summed E-state index contributed by atoms with van der Waals surface area (Å²) in [5, 5.41) is 3.68. The molecule has 3 rings (SSSR count). The molecule has 6 heteroatoms. The van der Waals surface area contributed by atoms with Crippen molar-refractivity contribution >= 4 is 11.6 Å². The van der Waals surface area contributed by atoms with E-state index in [9.17, 15) is 4.39 Å². The van der Waals surface area contributed by atoms with Crippen LogP contribution in [0.3, 0.4) is 0 Å². The van der Waals surface area contributed by atoms with Crippen molar-refractivity contribution in [2.24, 2.45) is 0 Å². The molecule has 1 aromatic heterocycles. The summed E-state index contributed by atoms with van der Waals surface area (Å²) in [6.07, 6.45) is 1.70. The van der Waals surface area contributed by atoms with E-state index in [1.807, 2.05) is 42.5 Å². The summed E-state index contributed by atoms with van der Waals surface area (Å²) in [6.45, 7) is 2.22. The van der Waals surface area contributed by atoms with Crippen molar-refractivity contribution in [3.8, 4) is 11.6 Å². The molecule has 27 heavy (non-hydrogen) atoms.